The van der Waals surface area contributed by atoms with Gasteiger partial charge < -0.3 is 24.3 Å². The lowest BCUT2D eigenvalue weighted by molar-refractivity contribution is -0.222. The van der Waals surface area contributed by atoms with Gasteiger partial charge in [-0.1, -0.05) is 6.07 Å². The van der Waals surface area contributed by atoms with Gasteiger partial charge in [0.2, 0.25) is 0 Å². The summed E-state index contributed by atoms with van der Waals surface area (Å²) >= 11 is 0. The van der Waals surface area contributed by atoms with E-state index in [0.29, 0.717) is 31.3 Å². The van der Waals surface area contributed by atoms with Crippen molar-refractivity contribution in [3.05, 3.63) is 36.0 Å². The minimum Gasteiger partial charge on any atom is -0.491 e. The van der Waals surface area contributed by atoms with Crippen LogP contribution in [0.5, 0.6) is 5.75 Å². The fourth-order valence-electron chi connectivity index (χ4n) is 1.97. The van der Waals surface area contributed by atoms with Crippen molar-refractivity contribution in [3.8, 4) is 5.75 Å². The minimum atomic E-state index is -1.25. The van der Waals surface area contributed by atoms with Crippen molar-refractivity contribution in [2.75, 3.05) is 25.1 Å². The maximum atomic E-state index is 11.8. The molecule has 0 atom stereocenters. The van der Waals surface area contributed by atoms with Crippen molar-refractivity contribution >= 4 is 17.6 Å². The van der Waals surface area contributed by atoms with Crippen molar-refractivity contribution in [3.63, 3.8) is 0 Å². The molecular formula is C17H21NO6. The summed E-state index contributed by atoms with van der Waals surface area (Å²) in [7, 11) is 0. The highest BCUT2D eigenvalue weighted by molar-refractivity contribution is 6.15. The number of rotatable bonds is 7. The van der Waals surface area contributed by atoms with Gasteiger partial charge in [-0.2, -0.15) is 0 Å². The monoisotopic (exact) mass is 335 g/mol. The molecule has 0 saturated carbocycles. The van der Waals surface area contributed by atoms with E-state index in [0.717, 1.165) is 0 Å². The number of esters is 2. The fourth-order valence-corrected chi connectivity index (χ4v) is 1.97. The first-order valence-electron chi connectivity index (χ1n) is 7.65. The Labute approximate surface area is 140 Å². The molecule has 1 N–H and O–H groups in total. The molecule has 1 aromatic rings. The van der Waals surface area contributed by atoms with Crippen LogP contribution in [-0.2, 0) is 23.8 Å². The predicted molar refractivity (Wildman–Crippen MR) is 86.4 cm³/mol. The maximum absolute atomic E-state index is 11.8. The third-order valence-corrected chi connectivity index (χ3v) is 3.03. The summed E-state index contributed by atoms with van der Waals surface area (Å²) in [5, 5.41) is 2.87. The van der Waals surface area contributed by atoms with Crippen LogP contribution in [0.25, 0.3) is 0 Å². The van der Waals surface area contributed by atoms with Crippen LogP contribution in [0.15, 0.2) is 36.0 Å². The van der Waals surface area contributed by atoms with Crippen molar-refractivity contribution in [2.45, 2.75) is 26.6 Å². The summed E-state index contributed by atoms with van der Waals surface area (Å²) < 4.78 is 20.8. The highest BCUT2D eigenvalue weighted by Crippen LogP contribution is 2.23. The first kappa shape index (κ1) is 17.8. The van der Waals surface area contributed by atoms with Crippen LogP contribution < -0.4 is 10.1 Å². The molecule has 24 heavy (non-hydrogen) atoms. The zero-order valence-electron chi connectivity index (χ0n) is 14.0. The molecule has 0 unspecified atom stereocenters. The number of nitrogens with one attached hydrogen (secondary N) is 1. The summed E-state index contributed by atoms with van der Waals surface area (Å²) in [5.41, 5.74) is 0.457. The van der Waals surface area contributed by atoms with E-state index < -0.39 is 17.7 Å². The van der Waals surface area contributed by atoms with E-state index in [1.54, 1.807) is 24.3 Å². The van der Waals surface area contributed by atoms with E-state index in [-0.39, 0.29) is 5.57 Å². The first-order chi connectivity index (χ1) is 11.4. The molecule has 0 spiro atoms. The normalized spacial score (nSPS) is 16.2. The number of cyclic esters (lactones) is 2. The zero-order chi connectivity index (χ0) is 17.6. The number of ether oxygens (including phenoxy) is 4. The average Bonchev–Trinajstić information content (AvgIpc) is 2.50. The second-order valence-corrected chi connectivity index (χ2v) is 5.45. The van der Waals surface area contributed by atoms with Gasteiger partial charge in [-0.15, -0.1) is 0 Å². The van der Waals surface area contributed by atoms with Gasteiger partial charge in [-0.3, -0.25) is 0 Å². The lowest BCUT2D eigenvalue weighted by Gasteiger charge is -2.29. The quantitative estimate of drug-likeness (QED) is 0.354. The SMILES string of the molecule is CCOCCOc1cccc(NC=C2C(=O)OC(C)(C)OC2=O)c1. The van der Waals surface area contributed by atoms with Crippen molar-refractivity contribution in [1.82, 2.24) is 0 Å². The number of hydrogen-bond acceptors (Lipinski definition) is 7. The third kappa shape index (κ3) is 4.99. The molecule has 1 aliphatic heterocycles. The largest absolute Gasteiger partial charge is 0.491 e. The predicted octanol–water partition coefficient (Wildman–Crippen LogP) is 2.23. The number of hydrogen-bond donors (Lipinski definition) is 1. The van der Waals surface area contributed by atoms with Crippen LogP contribution in [0.1, 0.15) is 20.8 Å². The molecule has 0 amide bonds. The van der Waals surface area contributed by atoms with Gasteiger partial charge in [0.25, 0.3) is 5.79 Å². The lowest BCUT2D eigenvalue weighted by Crippen LogP contribution is -2.42. The molecule has 1 saturated heterocycles. The standard InChI is InChI=1S/C17H21NO6/c1-4-21-8-9-22-13-7-5-6-12(10-13)18-11-14-15(19)23-17(2,3)24-16(14)20/h5-7,10-11,18H,4,8-9H2,1-3H3. The van der Waals surface area contributed by atoms with Gasteiger partial charge in [0.15, 0.2) is 5.57 Å². The first-order valence-corrected chi connectivity index (χ1v) is 7.65. The van der Waals surface area contributed by atoms with E-state index in [2.05, 4.69) is 5.32 Å². The molecule has 7 nitrogen and oxygen atoms in total. The fraction of sp³-hybridized carbons (Fsp3) is 0.412. The Hall–Kier alpha value is -2.54. The third-order valence-electron chi connectivity index (χ3n) is 3.03. The summed E-state index contributed by atoms with van der Waals surface area (Å²) in [6, 6.07) is 7.11. The van der Waals surface area contributed by atoms with Gasteiger partial charge in [-0.05, 0) is 19.1 Å². The van der Waals surface area contributed by atoms with E-state index >= 15 is 0 Å². The van der Waals surface area contributed by atoms with Crippen LogP contribution in [0.4, 0.5) is 5.69 Å². The van der Waals surface area contributed by atoms with Crippen LogP contribution in [0.3, 0.4) is 0 Å². The minimum absolute atomic E-state index is 0.197. The Kier molecular flexibility index (Phi) is 5.81. The van der Waals surface area contributed by atoms with Gasteiger partial charge in [0, 0.05) is 38.4 Å². The second kappa shape index (κ2) is 7.83. The van der Waals surface area contributed by atoms with Crippen LogP contribution in [-0.4, -0.2) is 37.5 Å². The highest BCUT2D eigenvalue weighted by atomic mass is 16.7. The van der Waals surface area contributed by atoms with Gasteiger partial charge in [0.05, 0.1) is 6.61 Å². The van der Waals surface area contributed by atoms with Gasteiger partial charge in [0.1, 0.15) is 12.4 Å². The Bertz CT molecular complexity index is 616. The van der Waals surface area contributed by atoms with Crippen LogP contribution in [0, 0.1) is 0 Å². The lowest BCUT2D eigenvalue weighted by atomic mass is 10.2. The van der Waals surface area contributed by atoms with Crippen molar-refractivity contribution < 1.29 is 28.5 Å². The Balaban J connectivity index is 1.98. The molecule has 1 fully saturated rings. The molecular weight excluding hydrogens is 314 g/mol. The number of benzene rings is 1. The van der Waals surface area contributed by atoms with Crippen LogP contribution in [0.2, 0.25) is 0 Å². The van der Waals surface area contributed by atoms with Crippen molar-refractivity contribution in [1.29, 1.82) is 0 Å². The molecule has 0 bridgehead atoms. The molecule has 130 valence electrons. The summed E-state index contributed by atoms with van der Waals surface area (Å²) in [4.78, 5) is 23.7. The molecule has 0 aliphatic carbocycles. The summed E-state index contributed by atoms with van der Waals surface area (Å²) in [5.74, 6) is -2.06. The van der Waals surface area contributed by atoms with Gasteiger partial charge in [-0.25, -0.2) is 9.59 Å². The summed E-state index contributed by atoms with van der Waals surface area (Å²) in [6.45, 7) is 6.49. The molecule has 7 heteroatoms. The molecule has 2 rings (SSSR count). The molecule has 1 heterocycles. The Morgan fingerprint density at radius 3 is 2.54 bits per heavy atom. The van der Waals surface area contributed by atoms with Crippen LogP contribution >= 0.6 is 0 Å². The zero-order valence-corrected chi connectivity index (χ0v) is 14.0. The van der Waals surface area contributed by atoms with E-state index in [1.807, 2.05) is 6.92 Å². The molecule has 0 radical (unpaired) electrons. The molecule has 1 aromatic carbocycles. The highest BCUT2D eigenvalue weighted by Gasteiger charge is 2.38. The van der Waals surface area contributed by atoms with E-state index in [9.17, 15) is 9.59 Å². The van der Waals surface area contributed by atoms with Crippen molar-refractivity contribution in [2.24, 2.45) is 0 Å². The number of carbonyl (C=O) groups is 2. The summed E-state index contributed by atoms with van der Waals surface area (Å²) in [6.07, 6.45) is 1.26. The topological polar surface area (TPSA) is 83.1 Å². The number of anilines is 1. The Morgan fingerprint density at radius 2 is 1.88 bits per heavy atom. The molecule has 0 aromatic heterocycles. The van der Waals surface area contributed by atoms with E-state index in [4.69, 9.17) is 18.9 Å². The Morgan fingerprint density at radius 1 is 1.17 bits per heavy atom. The smallest absolute Gasteiger partial charge is 0.350 e. The average molecular weight is 335 g/mol. The molecule has 1 aliphatic rings. The second-order valence-electron chi connectivity index (χ2n) is 5.45. The van der Waals surface area contributed by atoms with E-state index in [1.165, 1.54) is 20.0 Å². The maximum Gasteiger partial charge on any atom is 0.350 e. The number of carbonyl (C=O) groups excluding carboxylic acids is 2. The van der Waals surface area contributed by atoms with Gasteiger partial charge >= 0.3 is 11.9 Å².